The van der Waals surface area contributed by atoms with E-state index in [9.17, 15) is 4.79 Å². The average Bonchev–Trinajstić information content (AvgIpc) is 3.42. The summed E-state index contributed by atoms with van der Waals surface area (Å²) in [6, 6.07) is 13.8. The Labute approximate surface area is 177 Å². The molecule has 0 unspecified atom stereocenters. The van der Waals surface area contributed by atoms with Crippen LogP contribution in [-0.2, 0) is 11.3 Å². The maximum Gasteiger partial charge on any atom is 0.234 e. The molecule has 4 rings (SSSR count). The molecule has 0 aliphatic carbocycles. The number of aromatic nitrogens is 3. The number of furan rings is 1. The zero-order valence-corrected chi connectivity index (χ0v) is 17.7. The van der Waals surface area contributed by atoms with Crippen LogP contribution in [0.5, 0.6) is 0 Å². The fourth-order valence-corrected chi connectivity index (χ4v) is 4.51. The van der Waals surface area contributed by atoms with Gasteiger partial charge in [0.2, 0.25) is 5.91 Å². The molecular weight excluding hydrogens is 404 g/mol. The van der Waals surface area contributed by atoms with Gasteiger partial charge in [0, 0.05) is 5.69 Å². The van der Waals surface area contributed by atoms with Crippen LogP contribution in [0.3, 0.4) is 0 Å². The Bertz CT molecular complexity index is 1080. The molecule has 0 fully saturated rings. The van der Waals surface area contributed by atoms with Crippen LogP contribution in [0.2, 0.25) is 0 Å². The topological polar surface area (TPSA) is 73.0 Å². The summed E-state index contributed by atoms with van der Waals surface area (Å²) in [5.41, 5.74) is 3.04. The Balaban J connectivity index is 1.50. The van der Waals surface area contributed by atoms with E-state index < -0.39 is 0 Å². The third-order valence-corrected chi connectivity index (χ3v) is 6.02. The van der Waals surface area contributed by atoms with Crippen molar-refractivity contribution >= 4 is 34.7 Å². The molecule has 4 aromatic rings. The molecule has 0 bridgehead atoms. The molecular formula is C21H20N4O2S2. The summed E-state index contributed by atoms with van der Waals surface area (Å²) in [5.74, 6) is 1.75. The first kappa shape index (κ1) is 19.5. The van der Waals surface area contributed by atoms with E-state index in [4.69, 9.17) is 4.42 Å². The molecule has 1 aromatic carbocycles. The number of carbonyl (C=O) groups excluding carboxylic acids is 1. The van der Waals surface area contributed by atoms with Crippen molar-refractivity contribution in [1.29, 1.82) is 0 Å². The lowest BCUT2D eigenvalue weighted by atomic mass is 10.1. The van der Waals surface area contributed by atoms with Crippen molar-refractivity contribution in [2.75, 3.05) is 11.1 Å². The van der Waals surface area contributed by atoms with E-state index in [-0.39, 0.29) is 11.7 Å². The molecule has 148 valence electrons. The third-order valence-electron chi connectivity index (χ3n) is 4.19. The lowest BCUT2D eigenvalue weighted by Gasteiger charge is -2.09. The second-order valence-corrected chi connectivity index (χ2v) is 8.55. The zero-order valence-electron chi connectivity index (χ0n) is 16.1. The van der Waals surface area contributed by atoms with Crippen molar-refractivity contribution in [1.82, 2.24) is 14.8 Å². The van der Waals surface area contributed by atoms with Crippen molar-refractivity contribution in [3.05, 3.63) is 71.0 Å². The van der Waals surface area contributed by atoms with Crippen LogP contribution in [0, 0.1) is 13.8 Å². The number of hydrogen-bond donors (Lipinski definition) is 1. The average molecular weight is 425 g/mol. The number of benzene rings is 1. The van der Waals surface area contributed by atoms with Gasteiger partial charge < -0.3 is 9.73 Å². The summed E-state index contributed by atoms with van der Waals surface area (Å²) in [6.45, 7) is 4.54. The van der Waals surface area contributed by atoms with Gasteiger partial charge in [0.1, 0.15) is 5.76 Å². The number of carbonyl (C=O) groups is 1. The minimum Gasteiger partial charge on any atom is -0.467 e. The Morgan fingerprint density at radius 2 is 2.00 bits per heavy atom. The summed E-state index contributed by atoms with van der Waals surface area (Å²) in [6.07, 6.45) is 1.65. The predicted molar refractivity (Wildman–Crippen MR) is 116 cm³/mol. The van der Waals surface area contributed by atoms with Crippen molar-refractivity contribution < 1.29 is 9.21 Å². The molecule has 0 spiro atoms. The first-order valence-corrected chi connectivity index (χ1v) is 11.0. The first-order valence-electron chi connectivity index (χ1n) is 9.09. The molecule has 3 aromatic heterocycles. The summed E-state index contributed by atoms with van der Waals surface area (Å²) in [5, 5.41) is 14.3. The zero-order chi connectivity index (χ0) is 20.2. The molecule has 0 aliphatic rings. The number of nitrogens with one attached hydrogen (secondary N) is 1. The molecule has 1 N–H and O–H groups in total. The highest BCUT2D eigenvalue weighted by Crippen LogP contribution is 2.28. The molecule has 0 saturated carbocycles. The summed E-state index contributed by atoms with van der Waals surface area (Å²) in [7, 11) is 0. The summed E-state index contributed by atoms with van der Waals surface area (Å²) < 4.78 is 7.49. The Morgan fingerprint density at radius 3 is 2.69 bits per heavy atom. The molecule has 0 radical (unpaired) electrons. The van der Waals surface area contributed by atoms with Crippen LogP contribution in [0.1, 0.15) is 16.9 Å². The van der Waals surface area contributed by atoms with Crippen LogP contribution >= 0.6 is 23.1 Å². The van der Waals surface area contributed by atoms with Crippen molar-refractivity contribution in [2.45, 2.75) is 25.5 Å². The number of rotatable bonds is 7. The second kappa shape index (κ2) is 8.67. The van der Waals surface area contributed by atoms with Crippen LogP contribution in [0.15, 0.2) is 63.7 Å². The lowest BCUT2D eigenvalue weighted by Crippen LogP contribution is -2.15. The highest BCUT2D eigenvalue weighted by atomic mass is 32.2. The first-order chi connectivity index (χ1) is 14.1. The number of aryl methyl sites for hydroxylation is 2. The van der Waals surface area contributed by atoms with Crippen LogP contribution < -0.4 is 5.32 Å². The quantitative estimate of drug-likeness (QED) is 0.423. The van der Waals surface area contributed by atoms with Gasteiger partial charge in [0.05, 0.1) is 23.4 Å². The van der Waals surface area contributed by atoms with E-state index in [2.05, 4.69) is 21.6 Å². The van der Waals surface area contributed by atoms with Gasteiger partial charge in [0.15, 0.2) is 11.0 Å². The van der Waals surface area contributed by atoms with Gasteiger partial charge in [0.25, 0.3) is 0 Å². The smallest absolute Gasteiger partial charge is 0.234 e. The highest BCUT2D eigenvalue weighted by molar-refractivity contribution is 7.99. The molecule has 0 aliphatic heterocycles. The van der Waals surface area contributed by atoms with Gasteiger partial charge in [-0.15, -0.1) is 21.5 Å². The van der Waals surface area contributed by atoms with E-state index in [1.54, 1.807) is 17.6 Å². The van der Waals surface area contributed by atoms with E-state index in [1.807, 2.05) is 60.2 Å². The van der Waals surface area contributed by atoms with Crippen LogP contribution in [0.25, 0.3) is 10.7 Å². The lowest BCUT2D eigenvalue weighted by molar-refractivity contribution is -0.113. The number of thioether (sulfide) groups is 1. The number of anilines is 1. The Hall–Kier alpha value is -2.84. The number of thiophene rings is 1. The van der Waals surface area contributed by atoms with Crippen molar-refractivity contribution in [3.8, 4) is 10.7 Å². The number of nitrogens with zero attached hydrogens (tertiary/aromatic N) is 3. The molecule has 0 saturated heterocycles. The maximum absolute atomic E-state index is 12.5. The van der Waals surface area contributed by atoms with Gasteiger partial charge in [-0.2, -0.15) is 0 Å². The molecule has 0 atom stereocenters. The van der Waals surface area contributed by atoms with Crippen LogP contribution in [-0.4, -0.2) is 26.4 Å². The number of hydrogen-bond acceptors (Lipinski definition) is 6. The fraction of sp³-hybridized carbons (Fsp3) is 0.190. The van der Waals surface area contributed by atoms with Gasteiger partial charge in [-0.1, -0.05) is 23.9 Å². The Kier molecular flexibility index (Phi) is 5.82. The van der Waals surface area contributed by atoms with Crippen molar-refractivity contribution in [2.24, 2.45) is 0 Å². The highest BCUT2D eigenvalue weighted by Gasteiger charge is 2.17. The van der Waals surface area contributed by atoms with Crippen molar-refractivity contribution in [3.63, 3.8) is 0 Å². The summed E-state index contributed by atoms with van der Waals surface area (Å²) in [4.78, 5) is 13.5. The van der Waals surface area contributed by atoms with E-state index >= 15 is 0 Å². The molecule has 3 heterocycles. The third kappa shape index (κ3) is 4.78. The fourth-order valence-electron chi connectivity index (χ4n) is 3.06. The molecule has 1 amide bonds. The number of amides is 1. The van der Waals surface area contributed by atoms with E-state index in [0.717, 1.165) is 33.3 Å². The van der Waals surface area contributed by atoms with E-state index in [1.165, 1.54) is 11.8 Å². The molecule has 6 nitrogen and oxygen atoms in total. The van der Waals surface area contributed by atoms with Gasteiger partial charge >= 0.3 is 0 Å². The van der Waals surface area contributed by atoms with Gasteiger partial charge in [-0.3, -0.25) is 9.36 Å². The minimum atomic E-state index is -0.0785. The summed E-state index contributed by atoms with van der Waals surface area (Å²) >= 11 is 2.97. The largest absolute Gasteiger partial charge is 0.467 e. The van der Waals surface area contributed by atoms with Crippen LogP contribution in [0.4, 0.5) is 5.69 Å². The minimum absolute atomic E-state index is 0.0785. The van der Waals surface area contributed by atoms with Gasteiger partial charge in [-0.25, -0.2) is 0 Å². The predicted octanol–water partition coefficient (Wildman–Crippen LogP) is 5.00. The standard InChI is InChI=1S/C21H20N4O2S2/c1-14-9-15(2)11-16(10-14)22-19(26)13-29-21-24-23-20(18-6-4-8-28-18)25(21)12-17-5-3-7-27-17/h3-11H,12-13H2,1-2H3,(H,22,26). The molecule has 8 heteroatoms. The monoisotopic (exact) mass is 424 g/mol. The molecule has 29 heavy (non-hydrogen) atoms. The Morgan fingerprint density at radius 1 is 1.17 bits per heavy atom. The normalized spacial score (nSPS) is 11.0. The second-order valence-electron chi connectivity index (χ2n) is 6.66. The maximum atomic E-state index is 12.5. The van der Waals surface area contributed by atoms with E-state index in [0.29, 0.717) is 11.7 Å². The van der Waals surface area contributed by atoms with Gasteiger partial charge in [-0.05, 0) is 60.7 Å². The SMILES string of the molecule is Cc1cc(C)cc(NC(=O)CSc2nnc(-c3cccs3)n2Cc2ccco2)c1.